The van der Waals surface area contributed by atoms with Gasteiger partial charge in [0.2, 0.25) is 0 Å². The predicted molar refractivity (Wildman–Crippen MR) is 130 cm³/mol. The molecule has 0 radical (unpaired) electrons. The monoisotopic (exact) mass is 458 g/mol. The second-order valence-corrected chi connectivity index (χ2v) is 10.1. The van der Waals surface area contributed by atoms with Gasteiger partial charge >= 0.3 is 0 Å². The van der Waals surface area contributed by atoms with Crippen LogP contribution in [0.4, 0.5) is 0 Å². The maximum Gasteiger partial charge on any atom is 0.262 e. The van der Waals surface area contributed by atoms with Crippen molar-refractivity contribution < 1.29 is 9.59 Å². The number of carbonyl (C=O) groups is 2. The smallest absolute Gasteiger partial charge is 0.262 e. The highest BCUT2D eigenvalue weighted by atomic mass is 16.2. The van der Waals surface area contributed by atoms with Crippen molar-refractivity contribution in [1.82, 2.24) is 29.0 Å². The average molecular weight is 459 g/mol. The molecule has 0 saturated carbocycles. The van der Waals surface area contributed by atoms with Crippen LogP contribution in [0.5, 0.6) is 0 Å². The molecule has 1 aliphatic heterocycles. The number of hydrogen-bond acceptors (Lipinski definition) is 5. The highest BCUT2D eigenvalue weighted by molar-refractivity contribution is 6.21. The number of nitrogens with zero attached hydrogens (tertiary/aromatic N) is 6. The van der Waals surface area contributed by atoms with E-state index in [0.29, 0.717) is 34.9 Å². The number of rotatable bonds is 6. The van der Waals surface area contributed by atoms with Gasteiger partial charge in [-0.05, 0) is 49.8 Å². The molecule has 4 heterocycles. The normalized spacial score (nSPS) is 14.9. The zero-order chi connectivity index (χ0) is 24.3. The van der Waals surface area contributed by atoms with E-state index in [4.69, 9.17) is 15.1 Å². The molecule has 0 bridgehead atoms. The third kappa shape index (κ3) is 3.31. The minimum absolute atomic E-state index is 0.232. The lowest BCUT2D eigenvalue weighted by Gasteiger charge is -2.25. The fourth-order valence-electron chi connectivity index (χ4n) is 4.94. The van der Waals surface area contributed by atoms with E-state index in [9.17, 15) is 9.59 Å². The van der Waals surface area contributed by atoms with Crippen molar-refractivity contribution in [2.24, 2.45) is 11.8 Å². The highest BCUT2D eigenvalue weighted by Crippen LogP contribution is 2.35. The predicted octanol–water partition coefficient (Wildman–Crippen LogP) is 4.74. The van der Waals surface area contributed by atoms with Crippen LogP contribution < -0.4 is 0 Å². The van der Waals surface area contributed by atoms with Gasteiger partial charge in [0.1, 0.15) is 18.0 Å². The van der Waals surface area contributed by atoms with E-state index in [-0.39, 0.29) is 17.7 Å². The Morgan fingerprint density at radius 2 is 1.56 bits per heavy atom. The summed E-state index contributed by atoms with van der Waals surface area (Å²) in [6.07, 6.45) is 2.25. The quantitative estimate of drug-likeness (QED) is 0.390. The van der Waals surface area contributed by atoms with Crippen molar-refractivity contribution in [3.8, 4) is 0 Å². The molecule has 0 unspecified atom stereocenters. The zero-order valence-electron chi connectivity index (χ0n) is 20.5. The summed E-state index contributed by atoms with van der Waals surface area (Å²) in [6, 6.07) is 6.42. The van der Waals surface area contributed by atoms with Gasteiger partial charge in [0.05, 0.1) is 16.5 Å². The molecule has 2 amide bonds. The standard InChI is InChI=1S/C26H30N6O2/c1-14(2)11-20(32-25(33)18-9-7-8-10-19(18)26(32)34)22-28-24-21-16(5)17(6)30(12-15(3)4)23(21)27-13-31(24)29-22/h7-10,13-15,20H,11-12H2,1-6H3/t20-/m0/s1. The number of aryl methyl sites for hydroxylation is 1. The van der Waals surface area contributed by atoms with E-state index >= 15 is 0 Å². The van der Waals surface area contributed by atoms with Gasteiger partial charge in [-0.2, -0.15) is 0 Å². The fraction of sp³-hybridized carbons (Fsp3) is 0.423. The molecule has 34 heavy (non-hydrogen) atoms. The summed E-state index contributed by atoms with van der Waals surface area (Å²) in [6.45, 7) is 13.6. The molecule has 0 fully saturated rings. The molecule has 5 rings (SSSR count). The topological polar surface area (TPSA) is 85.4 Å². The SMILES string of the molecule is Cc1c(C)n(CC(C)C)c2ncn3nc([C@H](CC(C)C)N4C(=O)c5ccccc5C4=O)nc3c12. The minimum atomic E-state index is -0.554. The molecule has 0 N–H and O–H groups in total. The molecule has 1 aromatic carbocycles. The van der Waals surface area contributed by atoms with Crippen molar-refractivity contribution >= 4 is 28.5 Å². The Kier molecular flexibility index (Phi) is 5.26. The number of carbonyl (C=O) groups excluding carboxylic acids is 2. The van der Waals surface area contributed by atoms with Crippen molar-refractivity contribution in [2.75, 3.05) is 0 Å². The summed E-state index contributed by atoms with van der Waals surface area (Å²) >= 11 is 0. The van der Waals surface area contributed by atoms with Crippen LogP contribution in [0.2, 0.25) is 0 Å². The van der Waals surface area contributed by atoms with Crippen LogP contribution in [-0.2, 0) is 6.54 Å². The zero-order valence-corrected chi connectivity index (χ0v) is 20.5. The lowest BCUT2D eigenvalue weighted by molar-refractivity contribution is 0.0555. The minimum Gasteiger partial charge on any atom is -0.329 e. The highest BCUT2D eigenvalue weighted by Gasteiger charge is 2.42. The van der Waals surface area contributed by atoms with Crippen LogP contribution in [0.3, 0.4) is 0 Å². The van der Waals surface area contributed by atoms with Crippen LogP contribution in [0.15, 0.2) is 30.6 Å². The van der Waals surface area contributed by atoms with Gasteiger partial charge in [-0.3, -0.25) is 14.5 Å². The lowest BCUT2D eigenvalue weighted by Crippen LogP contribution is -2.35. The molecule has 3 aromatic heterocycles. The second kappa shape index (κ2) is 8.04. The first-order chi connectivity index (χ1) is 16.2. The Morgan fingerprint density at radius 3 is 2.15 bits per heavy atom. The van der Waals surface area contributed by atoms with E-state index < -0.39 is 6.04 Å². The van der Waals surface area contributed by atoms with E-state index in [1.54, 1.807) is 35.1 Å². The van der Waals surface area contributed by atoms with Crippen LogP contribution in [0, 0.1) is 25.7 Å². The Labute approximate surface area is 198 Å². The molecule has 0 aliphatic carbocycles. The molecule has 0 saturated heterocycles. The first-order valence-corrected chi connectivity index (χ1v) is 11.9. The van der Waals surface area contributed by atoms with Gasteiger partial charge in [-0.15, -0.1) is 5.10 Å². The number of aromatic nitrogens is 5. The van der Waals surface area contributed by atoms with Gasteiger partial charge in [0.25, 0.3) is 11.8 Å². The summed E-state index contributed by atoms with van der Waals surface area (Å²) in [7, 11) is 0. The third-order valence-corrected chi connectivity index (χ3v) is 6.64. The molecule has 8 nitrogen and oxygen atoms in total. The van der Waals surface area contributed by atoms with Crippen LogP contribution in [-0.4, -0.2) is 40.9 Å². The molecular formula is C26H30N6O2. The number of imide groups is 1. The maximum atomic E-state index is 13.3. The van der Waals surface area contributed by atoms with E-state index in [2.05, 4.69) is 46.1 Å². The first-order valence-electron chi connectivity index (χ1n) is 11.9. The van der Waals surface area contributed by atoms with Crippen molar-refractivity contribution in [3.05, 3.63) is 58.8 Å². The average Bonchev–Trinajstić information content (AvgIpc) is 3.40. The molecule has 1 atom stereocenters. The molecule has 4 aromatic rings. The van der Waals surface area contributed by atoms with Crippen molar-refractivity contribution in [3.63, 3.8) is 0 Å². The van der Waals surface area contributed by atoms with E-state index in [1.165, 1.54) is 4.90 Å². The van der Waals surface area contributed by atoms with Gasteiger partial charge in [-0.1, -0.05) is 39.8 Å². The van der Waals surface area contributed by atoms with Crippen LogP contribution in [0.1, 0.15) is 78.0 Å². The Hall–Kier alpha value is -3.55. The summed E-state index contributed by atoms with van der Waals surface area (Å²) in [5, 5.41) is 5.68. The number of hydrogen-bond donors (Lipinski definition) is 0. The summed E-state index contributed by atoms with van der Waals surface area (Å²) in [4.78, 5) is 37.5. The Morgan fingerprint density at radius 1 is 0.912 bits per heavy atom. The number of benzene rings is 1. The summed E-state index contributed by atoms with van der Waals surface area (Å²) in [5.41, 5.74) is 4.74. The first kappa shape index (κ1) is 22.3. The Bertz CT molecular complexity index is 1410. The van der Waals surface area contributed by atoms with Gasteiger partial charge in [-0.25, -0.2) is 14.5 Å². The van der Waals surface area contributed by atoms with E-state index in [1.807, 2.05) is 0 Å². The maximum absolute atomic E-state index is 13.3. The van der Waals surface area contributed by atoms with Crippen LogP contribution in [0.25, 0.3) is 16.7 Å². The molecule has 8 heteroatoms. The molecule has 1 aliphatic rings. The number of fused-ring (bicyclic) bond motifs is 4. The van der Waals surface area contributed by atoms with Crippen molar-refractivity contribution in [1.29, 1.82) is 0 Å². The summed E-state index contributed by atoms with van der Waals surface area (Å²) < 4.78 is 3.91. The van der Waals surface area contributed by atoms with Crippen LogP contribution >= 0.6 is 0 Å². The largest absolute Gasteiger partial charge is 0.329 e. The van der Waals surface area contributed by atoms with Gasteiger partial charge < -0.3 is 4.57 Å². The van der Waals surface area contributed by atoms with Crippen molar-refractivity contribution in [2.45, 2.75) is 60.5 Å². The number of amides is 2. The second-order valence-electron chi connectivity index (χ2n) is 10.1. The molecule has 0 spiro atoms. The van der Waals surface area contributed by atoms with E-state index in [0.717, 1.165) is 28.8 Å². The molecule has 176 valence electrons. The Balaban J connectivity index is 1.66. The van der Waals surface area contributed by atoms with Gasteiger partial charge in [0, 0.05) is 12.2 Å². The fourth-order valence-corrected chi connectivity index (χ4v) is 4.94. The lowest BCUT2D eigenvalue weighted by atomic mass is 10.0. The third-order valence-electron chi connectivity index (χ3n) is 6.64. The molecular weight excluding hydrogens is 428 g/mol. The van der Waals surface area contributed by atoms with Gasteiger partial charge in [0.15, 0.2) is 11.5 Å². The summed E-state index contributed by atoms with van der Waals surface area (Å²) in [5.74, 6) is 0.595.